The number of carbonyl (C=O) groups is 1. The van der Waals surface area contributed by atoms with Gasteiger partial charge in [-0.15, -0.1) is 0 Å². The number of hydrogen-bond donors (Lipinski definition) is 2. The van der Waals surface area contributed by atoms with Crippen LogP contribution in [0.4, 0.5) is 18.0 Å². The summed E-state index contributed by atoms with van der Waals surface area (Å²) in [4.78, 5) is 11.2. The molecule has 0 aliphatic carbocycles. The molecular formula is C9H15F3N2O2. The van der Waals surface area contributed by atoms with Crippen LogP contribution in [-0.4, -0.2) is 38.0 Å². The monoisotopic (exact) mass is 240 g/mol. The van der Waals surface area contributed by atoms with E-state index >= 15 is 0 Å². The molecule has 2 N–H and O–H groups in total. The Hall–Kier alpha value is -0.980. The number of nitrogens with one attached hydrogen (secondary N) is 2. The second-order valence-corrected chi connectivity index (χ2v) is 3.68. The van der Waals surface area contributed by atoms with Crippen LogP contribution < -0.4 is 10.6 Å². The zero-order chi connectivity index (χ0) is 12.0. The third-order valence-electron chi connectivity index (χ3n) is 2.19. The number of carbonyl (C=O) groups excluding carboxylic acids is 1. The van der Waals surface area contributed by atoms with Gasteiger partial charge in [-0.25, -0.2) is 4.79 Å². The van der Waals surface area contributed by atoms with Crippen LogP contribution in [-0.2, 0) is 4.74 Å². The number of halogens is 3. The Balaban J connectivity index is 2.02. The zero-order valence-electron chi connectivity index (χ0n) is 8.77. The van der Waals surface area contributed by atoms with Crippen LogP contribution in [0.2, 0.25) is 0 Å². The van der Waals surface area contributed by atoms with Gasteiger partial charge in [-0.3, -0.25) is 0 Å². The molecule has 0 saturated carbocycles. The standard InChI is InChI=1S/C9H15F3N2O2/c10-9(11,12)3-1-4-13-8(15)14-7-2-5-16-6-7/h7H,1-6H2,(H2,13,14,15). The Morgan fingerprint density at radius 3 is 2.75 bits per heavy atom. The van der Waals surface area contributed by atoms with E-state index in [2.05, 4.69) is 10.6 Å². The lowest BCUT2D eigenvalue weighted by atomic mass is 10.3. The van der Waals surface area contributed by atoms with Crippen LogP contribution in [0.1, 0.15) is 19.3 Å². The normalized spacial score (nSPS) is 20.8. The van der Waals surface area contributed by atoms with Gasteiger partial charge in [-0.05, 0) is 12.8 Å². The lowest BCUT2D eigenvalue weighted by Crippen LogP contribution is -2.42. The topological polar surface area (TPSA) is 50.4 Å². The highest BCUT2D eigenvalue weighted by Gasteiger charge is 2.26. The summed E-state index contributed by atoms with van der Waals surface area (Å²) in [6.45, 7) is 1.11. The number of hydrogen-bond acceptors (Lipinski definition) is 2. The van der Waals surface area contributed by atoms with Crippen molar-refractivity contribution in [1.29, 1.82) is 0 Å². The van der Waals surface area contributed by atoms with Crippen LogP contribution >= 0.6 is 0 Å². The van der Waals surface area contributed by atoms with Gasteiger partial charge in [0, 0.05) is 19.6 Å². The van der Waals surface area contributed by atoms with E-state index in [1.54, 1.807) is 0 Å². The molecule has 1 saturated heterocycles. The molecule has 1 atom stereocenters. The molecular weight excluding hydrogens is 225 g/mol. The molecule has 0 aromatic carbocycles. The summed E-state index contributed by atoms with van der Waals surface area (Å²) in [6, 6.07) is -0.458. The number of rotatable bonds is 4. The first-order chi connectivity index (χ1) is 7.47. The van der Waals surface area contributed by atoms with E-state index in [-0.39, 0.29) is 19.0 Å². The van der Waals surface area contributed by atoms with Crippen LogP contribution in [0, 0.1) is 0 Å². The summed E-state index contributed by atoms with van der Waals surface area (Å²) < 4.78 is 40.3. The second kappa shape index (κ2) is 5.93. The minimum Gasteiger partial charge on any atom is -0.379 e. The summed E-state index contributed by atoms with van der Waals surface area (Å²) in [5.74, 6) is 0. The molecule has 1 rings (SSSR count). The van der Waals surface area contributed by atoms with E-state index in [9.17, 15) is 18.0 Å². The van der Waals surface area contributed by atoms with Crippen LogP contribution in [0.15, 0.2) is 0 Å². The smallest absolute Gasteiger partial charge is 0.379 e. The van der Waals surface area contributed by atoms with Crippen molar-refractivity contribution < 1.29 is 22.7 Å². The summed E-state index contributed by atoms with van der Waals surface area (Å²) in [5.41, 5.74) is 0. The highest BCUT2D eigenvalue weighted by Crippen LogP contribution is 2.20. The van der Waals surface area contributed by atoms with E-state index in [1.807, 2.05) is 0 Å². The number of urea groups is 1. The highest BCUT2D eigenvalue weighted by molar-refractivity contribution is 5.74. The van der Waals surface area contributed by atoms with Crippen molar-refractivity contribution in [2.45, 2.75) is 31.5 Å². The summed E-state index contributed by atoms with van der Waals surface area (Å²) in [7, 11) is 0. The molecule has 0 aromatic rings. The van der Waals surface area contributed by atoms with Crippen molar-refractivity contribution in [2.24, 2.45) is 0 Å². The van der Waals surface area contributed by atoms with Crippen molar-refractivity contribution >= 4 is 6.03 Å². The van der Waals surface area contributed by atoms with Gasteiger partial charge in [0.15, 0.2) is 0 Å². The van der Waals surface area contributed by atoms with Crippen LogP contribution in [0.3, 0.4) is 0 Å². The fraction of sp³-hybridized carbons (Fsp3) is 0.889. The first-order valence-corrected chi connectivity index (χ1v) is 5.16. The van der Waals surface area contributed by atoms with Gasteiger partial charge in [-0.1, -0.05) is 0 Å². The van der Waals surface area contributed by atoms with E-state index < -0.39 is 18.6 Å². The van der Waals surface area contributed by atoms with Crippen molar-refractivity contribution in [2.75, 3.05) is 19.8 Å². The number of ether oxygens (including phenoxy) is 1. The third kappa shape index (κ3) is 5.79. The SMILES string of the molecule is O=C(NCCCC(F)(F)F)NC1CCOC1. The molecule has 16 heavy (non-hydrogen) atoms. The maximum atomic E-state index is 11.8. The van der Waals surface area contributed by atoms with Gasteiger partial charge in [0.2, 0.25) is 0 Å². The Labute approximate surface area is 91.5 Å². The number of alkyl halides is 3. The van der Waals surface area contributed by atoms with Crippen molar-refractivity contribution in [3.63, 3.8) is 0 Å². The third-order valence-corrected chi connectivity index (χ3v) is 2.19. The molecule has 1 aliphatic rings. The predicted molar refractivity (Wildman–Crippen MR) is 51.0 cm³/mol. The van der Waals surface area contributed by atoms with E-state index in [0.717, 1.165) is 6.42 Å². The first kappa shape index (κ1) is 13.1. The van der Waals surface area contributed by atoms with E-state index in [0.29, 0.717) is 13.2 Å². The summed E-state index contributed by atoms with van der Waals surface area (Å²) in [6.07, 6.45) is -4.38. The minimum atomic E-state index is -4.16. The molecule has 1 aliphatic heterocycles. The van der Waals surface area contributed by atoms with Gasteiger partial charge in [0.25, 0.3) is 0 Å². The van der Waals surface area contributed by atoms with Crippen molar-refractivity contribution in [3.05, 3.63) is 0 Å². The fourth-order valence-electron chi connectivity index (χ4n) is 1.38. The van der Waals surface area contributed by atoms with Crippen molar-refractivity contribution in [1.82, 2.24) is 10.6 Å². The Bertz CT molecular complexity index is 227. The largest absolute Gasteiger partial charge is 0.389 e. The van der Waals surface area contributed by atoms with Gasteiger partial charge >= 0.3 is 12.2 Å². The van der Waals surface area contributed by atoms with Gasteiger partial charge in [0.1, 0.15) is 0 Å². The quantitative estimate of drug-likeness (QED) is 0.730. The fourth-order valence-corrected chi connectivity index (χ4v) is 1.38. The average molecular weight is 240 g/mol. The molecule has 7 heteroatoms. The Kier molecular flexibility index (Phi) is 4.85. The molecule has 0 bridgehead atoms. The molecule has 2 amide bonds. The van der Waals surface area contributed by atoms with E-state index in [4.69, 9.17) is 4.74 Å². The first-order valence-electron chi connectivity index (χ1n) is 5.16. The minimum absolute atomic E-state index is 0.0254. The molecule has 0 spiro atoms. The molecule has 1 heterocycles. The van der Waals surface area contributed by atoms with E-state index in [1.165, 1.54) is 0 Å². The zero-order valence-corrected chi connectivity index (χ0v) is 8.77. The van der Waals surface area contributed by atoms with Crippen molar-refractivity contribution in [3.8, 4) is 0 Å². The summed E-state index contributed by atoms with van der Waals surface area (Å²) in [5, 5.41) is 5.00. The Morgan fingerprint density at radius 1 is 1.44 bits per heavy atom. The maximum Gasteiger partial charge on any atom is 0.389 e. The van der Waals surface area contributed by atoms with Crippen LogP contribution in [0.25, 0.3) is 0 Å². The van der Waals surface area contributed by atoms with Gasteiger partial charge in [-0.2, -0.15) is 13.2 Å². The molecule has 94 valence electrons. The second-order valence-electron chi connectivity index (χ2n) is 3.68. The van der Waals surface area contributed by atoms with Gasteiger partial charge in [0.05, 0.1) is 12.6 Å². The van der Waals surface area contributed by atoms with Gasteiger partial charge < -0.3 is 15.4 Å². The maximum absolute atomic E-state index is 11.8. The summed E-state index contributed by atoms with van der Waals surface area (Å²) >= 11 is 0. The lowest BCUT2D eigenvalue weighted by molar-refractivity contribution is -0.135. The highest BCUT2D eigenvalue weighted by atomic mass is 19.4. The molecule has 0 radical (unpaired) electrons. The molecule has 0 aromatic heterocycles. The molecule has 1 fully saturated rings. The molecule has 1 unspecified atom stereocenters. The average Bonchev–Trinajstić information content (AvgIpc) is 2.63. The lowest BCUT2D eigenvalue weighted by Gasteiger charge is -2.12. The Morgan fingerprint density at radius 2 is 2.19 bits per heavy atom. The molecule has 4 nitrogen and oxygen atoms in total. The predicted octanol–water partition coefficient (Wildman–Crippen LogP) is 1.42. The van der Waals surface area contributed by atoms with Crippen LogP contribution in [0.5, 0.6) is 0 Å². The number of amides is 2.